The van der Waals surface area contributed by atoms with E-state index in [1.807, 2.05) is 0 Å². The molecule has 0 atom stereocenters. The minimum absolute atomic E-state index is 0.0163. The lowest BCUT2D eigenvalue weighted by atomic mass is 10.2. The number of benzene rings is 2. The summed E-state index contributed by atoms with van der Waals surface area (Å²) in [6.45, 7) is 9.12. The van der Waals surface area contributed by atoms with Crippen LogP contribution in [0.3, 0.4) is 0 Å². The van der Waals surface area contributed by atoms with Crippen LogP contribution in [0.25, 0.3) is 0 Å². The zero-order valence-corrected chi connectivity index (χ0v) is 23.7. The van der Waals surface area contributed by atoms with Crippen LogP contribution < -0.4 is 15.7 Å². The lowest BCUT2D eigenvalue weighted by Gasteiger charge is -2.34. The molecular weight excluding hydrogens is 573 g/mol. The van der Waals surface area contributed by atoms with Crippen LogP contribution in [0.2, 0.25) is 0 Å². The van der Waals surface area contributed by atoms with Gasteiger partial charge in [0, 0.05) is 23.5 Å². The molecule has 0 aromatic heterocycles. The van der Waals surface area contributed by atoms with E-state index in [-0.39, 0.29) is 12.5 Å². The molecule has 3 rings (SSSR count). The lowest BCUT2D eigenvalue weighted by Crippen LogP contribution is -2.51. The molecule has 2 aromatic carbocycles. The fourth-order valence-corrected chi connectivity index (χ4v) is 3.78. The maximum Gasteiger partial charge on any atom is 0.430 e. The van der Waals surface area contributed by atoms with Crippen molar-refractivity contribution in [3.63, 3.8) is 0 Å². The molecule has 1 aliphatic heterocycles. The quantitative estimate of drug-likeness (QED) is 0.228. The molecule has 0 bridgehead atoms. The molecule has 0 fully saturated rings. The number of hydrogen-bond donors (Lipinski definition) is 2. The Morgan fingerprint density at radius 2 is 1.14 bits per heavy atom. The molecule has 2 N–H and O–H groups in total. The zero-order valence-electron chi connectivity index (χ0n) is 23.7. The normalized spacial score (nSPS) is 13.1. The number of amides is 4. The molecular formula is C28H31F3N6O6. The van der Waals surface area contributed by atoms with E-state index in [4.69, 9.17) is 9.90 Å². The van der Waals surface area contributed by atoms with Crippen LogP contribution in [0.15, 0.2) is 70.9 Å². The Bertz CT molecular complexity index is 1340. The monoisotopic (exact) mass is 604 g/mol. The number of rotatable bonds is 11. The summed E-state index contributed by atoms with van der Waals surface area (Å²) in [5.74, 6) is -4.52. The zero-order chi connectivity index (χ0) is 32.2. The number of azo groups is 1. The molecule has 1 heterocycles. The Morgan fingerprint density at radius 3 is 1.49 bits per heavy atom. The van der Waals surface area contributed by atoms with Gasteiger partial charge in [-0.3, -0.25) is 24.1 Å². The van der Waals surface area contributed by atoms with E-state index < -0.39 is 29.9 Å². The van der Waals surface area contributed by atoms with E-state index in [0.717, 1.165) is 41.2 Å². The largest absolute Gasteiger partial charge is 0.542 e. The van der Waals surface area contributed by atoms with Crippen LogP contribution >= 0.6 is 0 Å². The number of carbonyl (C=O) groups is 5. The molecule has 0 saturated heterocycles. The number of quaternary nitrogens is 1. The van der Waals surface area contributed by atoms with Gasteiger partial charge < -0.3 is 25.0 Å². The summed E-state index contributed by atoms with van der Waals surface area (Å²) >= 11 is 0. The van der Waals surface area contributed by atoms with E-state index in [1.165, 1.54) is 0 Å². The fraction of sp³-hybridized carbons (Fsp3) is 0.321. The summed E-state index contributed by atoms with van der Waals surface area (Å²) in [4.78, 5) is 57.3. The average Bonchev–Trinajstić information content (AvgIpc) is 3.28. The highest BCUT2D eigenvalue weighted by Gasteiger charge is 2.29. The van der Waals surface area contributed by atoms with Gasteiger partial charge in [0.05, 0.1) is 31.0 Å². The molecule has 0 spiro atoms. The number of nitrogens with one attached hydrogen (secondary N) is 2. The summed E-state index contributed by atoms with van der Waals surface area (Å²) in [5.41, 5.74) is 2.41. The molecule has 43 heavy (non-hydrogen) atoms. The number of carboxylic acids is 1. The number of carbonyl (C=O) groups excluding carboxylic acids is 5. The number of halogens is 3. The van der Waals surface area contributed by atoms with Gasteiger partial charge in [-0.05, 0) is 69.3 Å². The molecule has 12 nitrogen and oxygen atoms in total. The van der Waals surface area contributed by atoms with E-state index >= 15 is 0 Å². The number of carboxylic acid groups (broad SMARTS) is 1. The van der Waals surface area contributed by atoms with Crippen molar-refractivity contribution in [2.75, 3.05) is 43.4 Å². The first kappa shape index (κ1) is 34.3. The first-order valence-corrected chi connectivity index (χ1v) is 13.1. The molecule has 4 amide bonds. The van der Waals surface area contributed by atoms with Gasteiger partial charge in [0.2, 0.25) is 5.91 Å². The van der Waals surface area contributed by atoms with Crippen molar-refractivity contribution >= 4 is 52.3 Å². The molecule has 1 aliphatic rings. The van der Waals surface area contributed by atoms with Gasteiger partial charge >= 0.3 is 6.18 Å². The highest BCUT2D eigenvalue weighted by molar-refractivity contribution is 6.15. The molecule has 15 heteroatoms. The topological polar surface area (TPSA) is 160 Å². The number of anilines is 2. The number of likely N-dealkylation sites (N-methyl/N-ethyl adjacent to an activating group) is 1. The van der Waals surface area contributed by atoms with Crippen molar-refractivity contribution in [3.8, 4) is 0 Å². The number of nitrogens with zero attached hydrogens (tertiary/aromatic N) is 4. The number of aliphatic carboxylic acids is 1. The van der Waals surface area contributed by atoms with Crippen LogP contribution in [-0.4, -0.2) is 77.9 Å². The van der Waals surface area contributed by atoms with Gasteiger partial charge in [-0.25, -0.2) is 0 Å². The first-order chi connectivity index (χ1) is 20.2. The summed E-state index contributed by atoms with van der Waals surface area (Å²) < 4.78 is 32.3. The second kappa shape index (κ2) is 15.3. The van der Waals surface area contributed by atoms with Gasteiger partial charge in [-0.1, -0.05) is 0 Å². The summed E-state index contributed by atoms with van der Waals surface area (Å²) in [6, 6.07) is 13.8. The molecule has 0 unspecified atom stereocenters. The van der Waals surface area contributed by atoms with Crippen molar-refractivity contribution in [1.29, 1.82) is 0 Å². The maximum absolute atomic E-state index is 12.5. The third-order valence-corrected chi connectivity index (χ3v) is 6.51. The van der Waals surface area contributed by atoms with E-state index in [1.54, 1.807) is 48.5 Å². The summed E-state index contributed by atoms with van der Waals surface area (Å²) in [7, 11) is 0. The van der Waals surface area contributed by atoms with Gasteiger partial charge in [0.15, 0.2) is 6.54 Å². The van der Waals surface area contributed by atoms with Gasteiger partial charge in [0.25, 0.3) is 17.7 Å². The smallest absolute Gasteiger partial charge is 0.430 e. The molecule has 0 radical (unpaired) electrons. The second-order valence-corrected chi connectivity index (χ2v) is 9.22. The summed E-state index contributed by atoms with van der Waals surface area (Å²) in [5, 5.41) is 22.8. The molecule has 2 aromatic rings. The van der Waals surface area contributed by atoms with Crippen LogP contribution in [0.1, 0.15) is 20.8 Å². The number of imide groups is 1. The third-order valence-electron chi connectivity index (χ3n) is 6.51. The van der Waals surface area contributed by atoms with Crippen LogP contribution in [0, 0.1) is 0 Å². The third kappa shape index (κ3) is 10.8. The van der Waals surface area contributed by atoms with E-state index in [2.05, 4.69) is 41.6 Å². The predicted molar refractivity (Wildman–Crippen MR) is 148 cm³/mol. The van der Waals surface area contributed by atoms with Gasteiger partial charge in [-0.15, -0.1) is 0 Å². The molecule has 0 saturated carbocycles. The van der Waals surface area contributed by atoms with Crippen molar-refractivity contribution in [2.45, 2.75) is 26.9 Å². The van der Waals surface area contributed by atoms with E-state index in [0.29, 0.717) is 29.3 Å². The lowest BCUT2D eigenvalue weighted by molar-refractivity contribution is -0.915. The Labute approximate surface area is 245 Å². The highest BCUT2D eigenvalue weighted by atomic mass is 19.4. The number of alkyl halides is 3. The Kier molecular flexibility index (Phi) is 12.2. The SMILES string of the molecule is CC[N+](CC)(CC)CC(=O)Nc1ccc(N=Nc2ccc(NC(=O)CN3C(=O)C=CC3=O)cc2)cc1.O=C([O-])C(F)(F)F. The molecule has 0 aliphatic carbocycles. The molecule has 230 valence electrons. The van der Waals surface area contributed by atoms with Crippen LogP contribution in [0.4, 0.5) is 35.9 Å². The second-order valence-electron chi connectivity index (χ2n) is 9.22. The maximum atomic E-state index is 12.5. The van der Waals surface area contributed by atoms with Crippen LogP contribution in [-0.2, 0) is 24.0 Å². The van der Waals surface area contributed by atoms with Crippen molar-refractivity contribution in [1.82, 2.24) is 4.90 Å². The van der Waals surface area contributed by atoms with Crippen molar-refractivity contribution in [3.05, 3.63) is 60.7 Å². The fourth-order valence-electron chi connectivity index (χ4n) is 3.78. The van der Waals surface area contributed by atoms with Crippen LogP contribution in [0.5, 0.6) is 0 Å². The van der Waals surface area contributed by atoms with E-state index in [9.17, 15) is 32.3 Å². The standard InChI is InChI=1S/C26H30N6O4.C2HF3O2/c1-4-32(5-2,6-3)18-24(34)28-20-9-13-22(14-10-20)30-29-21-11-7-19(8-12-21)27-23(33)17-31-25(35)15-16-26(31)36;3-2(4,5)1(6)7/h7-16H,4-6,17-18H2,1-3H3,(H-,27,28,29,30,33,34,35,36);(H,6,7). The minimum atomic E-state index is -5.19. The Balaban J connectivity index is 0.000000821. The minimum Gasteiger partial charge on any atom is -0.542 e. The Hall–Kier alpha value is -4.92. The predicted octanol–water partition coefficient (Wildman–Crippen LogP) is 3.08. The number of hydrogen-bond acceptors (Lipinski definition) is 8. The van der Waals surface area contributed by atoms with Crippen molar-refractivity contribution < 1.29 is 46.7 Å². The highest BCUT2D eigenvalue weighted by Crippen LogP contribution is 2.22. The van der Waals surface area contributed by atoms with Crippen molar-refractivity contribution in [2.24, 2.45) is 10.2 Å². The first-order valence-electron chi connectivity index (χ1n) is 13.1. The summed E-state index contributed by atoms with van der Waals surface area (Å²) in [6.07, 6.45) is -2.93. The Morgan fingerprint density at radius 1 is 0.767 bits per heavy atom. The average molecular weight is 605 g/mol. The van der Waals surface area contributed by atoms with Gasteiger partial charge in [-0.2, -0.15) is 23.4 Å². The van der Waals surface area contributed by atoms with Gasteiger partial charge in [0.1, 0.15) is 12.5 Å².